The van der Waals surface area contributed by atoms with E-state index in [9.17, 15) is 4.79 Å². The van der Waals surface area contributed by atoms with E-state index in [1.807, 2.05) is 19.1 Å². The summed E-state index contributed by atoms with van der Waals surface area (Å²) < 4.78 is 9.77. The highest BCUT2D eigenvalue weighted by molar-refractivity contribution is 5.75. The minimum atomic E-state index is 0.0869. The van der Waals surface area contributed by atoms with E-state index < -0.39 is 0 Å². The second kappa shape index (κ2) is 4.59. The van der Waals surface area contributed by atoms with Crippen molar-refractivity contribution < 1.29 is 14.2 Å². The molecule has 1 aromatic carbocycles. The third-order valence-electron chi connectivity index (χ3n) is 2.23. The van der Waals surface area contributed by atoms with Crippen LogP contribution in [0.1, 0.15) is 5.56 Å². The van der Waals surface area contributed by atoms with Gasteiger partial charge in [-0.1, -0.05) is 11.6 Å². The summed E-state index contributed by atoms with van der Waals surface area (Å²) in [5, 5.41) is 7.23. The van der Waals surface area contributed by atoms with Crippen molar-refractivity contribution in [2.24, 2.45) is 4.99 Å². The van der Waals surface area contributed by atoms with E-state index in [1.165, 1.54) is 6.08 Å². The highest BCUT2D eigenvalue weighted by Crippen LogP contribution is 2.34. The maximum atomic E-state index is 10.2. The molecule has 0 radical (unpaired) electrons. The lowest BCUT2D eigenvalue weighted by molar-refractivity contribution is 0.309. The summed E-state index contributed by atoms with van der Waals surface area (Å²) in [6.45, 7) is 1.93. The van der Waals surface area contributed by atoms with Gasteiger partial charge in [-0.15, -0.1) is 4.99 Å². The molecule has 0 aliphatic carbocycles. The minimum Gasteiger partial charge on any atom is -0.496 e. The molecule has 17 heavy (non-hydrogen) atoms. The molecule has 0 unspecified atom stereocenters. The van der Waals surface area contributed by atoms with Crippen molar-refractivity contribution >= 4 is 11.9 Å². The van der Waals surface area contributed by atoms with Gasteiger partial charge in [-0.3, -0.25) is 0 Å². The normalized spacial score (nSPS) is 9.76. The lowest BCUT2D eigenvalue weighted by atomic mass is 10.1. The number of benzene rings is 1. The van der Waals surface area contributed by atoms with Gasteiger partial charge in [0.05, 0.1) is 12.7 Å². The molecule has 6 nitrogen and oxygen atoms in total. The summed E-state index contributed by atoms with van der Waals surface area (Å²) in [5.41, 5.74) is 2.04. The highest BCUT2D eigenvalue weighted by atomic mass is 16.6. The van der Waals surface area contributed by atoms with Crippen LogP contribution in [0.25, 0.3) is 11.3 Å². The first-order valence-electron chi connectivity index (χ1n) is 4.81. The first-order valence-corrected chi connectivity index (χ1v) is 4.81. The first-order chi connectivity index (χ1) is 8.26. The van der Waals surface area contributed by atoms with Crippen LogP contribution < -0.4 is 4.74 Å². The second-order valence-corrected chi connectivity index (χ2v) is 3.34. The average Bonchev–Trinajstić information content (AvgIpc) is 2.77. The Labute approximate surface area is 96.9 Å². The molecule has 0 saturated heterocycles. The summed E-state index contributed by atoms with van der Waals surface area (Å²) in [6, 6.07) is 5.55. The van der Waals surface area contributed by atoms with Gasteiger partial charge in [0, 0.05) is 0 Å². The van der Waals surface area contributed by atoms with Crippen molar-refractivity contribution in [1.82, 2.24) is 10.3 Å². The molecule has 0 bridgehead atoms. The Morgan fingerprint density at radius 2 is 2.24 bits per heavy atom. The summed E-state index contributed by atoms with van der Waals surface area (Å²) in [4.78, 5) is 13.7. The molecule has 0 amide bonds. The summed E-state index contributed by atoms with van der Waals surface area (Å²) >= 11 is 0. The molecular formula is C11H9N3O3. The average molecular weight is 231 g/mol. The van der Waals surface area contributed by atoms with Gasteiger partial charge in [-0.25, -0.2) is 9.42 Å². The molecule has 0 aliphatic rings. The molecule has 6 heteroatoms. The Balaban J connectivity index is 2.62. The van der Waals surface area contributed by atoms with Gasteiger partial charge in [0.1, 0.15) is 5.75 Å². The maximum Gasteiger partial charge on any atom is 0.242 e. The van der Waals surface area contributed by atoms with E-state index in [0.29, 0.717) is 17.0 Å². The van der Waals surface area contributed by atoms with Crippen molar-refractivity contribution in [3.63, 3.8) is 0 Å². The summed E-state index contributed by atoms with van der Waals surface area (Å²) in [6.07, 6.45) is 1.40. The molecular weight excluding hydrogens is 222 g/mol. The zero-order valence-electron chi connectivity index (χ0n) is 9.30. The smallest absolute Gasteiger partial charge is 0.242 e. The van der Waals surface area contributed by atoms with Crippen molar-refractivity contribution in [1.29, 1.82) is 0 Å². The zero-order chi connectivity index (χ0) is 12.3. The van der Waals surface area contributed by atoms with E-state index >= 15 is 0 Å². The van der Waals surface area contributed by atoms with Crippen LogP contribution in [0.15, 0.2) is 27.8 Å². The summed E-state index contributed by atoms with van der Waals surface area (Å²) in [7, 11) is 1.55. The number of hydrogen-bond donors (Lipinski definition) is 0. The van der Waals surface area contributed by atoms with Crippen LogP contribution in [0.5, 0.6) is 5.75 Å². The lowest BCUT2D eigenvalue weighted by Crippen LogP contribution is -1.89. The molecule has 2 rings (SSSR count). The van der Waals surface area contributed by atoms with Gasteiger partial charge in [0.2, 0.25) is 11.9 Å². The van der Waals surface area contributed by atoms with Crippen LogP contribution in [0, 0.1) is 6.92 Å². The van der Waals surface area contributed by atoms with Gasteiger partial charge < -0.3 is 4.74 Å². The molecule has 0 fully saturated rings. The number of aromatic nitrogens is 2. The number of aliphatic imine (C=N–C) groups is 1. The Morgan fingerprint density at radius 3 is 2.94 bits per heavy atom. The quantitative estimate of drug-likeness (QED) is 0.596. The maximum absolute atomic E-state index is 10.2. The molecule has 0 N–H and O–H groups in total. The molecule has 0 saturated carbocycles. The number of ether oxygens (including phenoxy) is 1. The summed E-state index contributed by atoms with van der Waals surface area (Å²) in [5.74, 6) is 0.692. The molecule has 86 valence electrons. The molecule has 2 aromatic rings. The number of rotatable bonds is 3. The Morgan fingerprint density at radius 1 is 1.41 bits per heavy atom. The van der Waals surface area contributed by atoms with E-state index in [2.05, 4.69) is 19.9 Å². The fraction of sp³-hybridized carbons (Fsp3) is 0.182. The predicted molar refractivity (Wildman–Crippen MR) is 58.8 cm³/mol. The largest absolute Gasteiger partial charge is 0.496 e. The van der Waals surface area contributed by atoms with Gasteiger partial charge >= 0.3 is 0 Å². The zero-order valence-corrected chi connectivity index (χ0v) is 9.30. The van der Waals surface area contributed by atoms with Gasteiger partial charge in [0.25, 0.3) is 0 Å². The predicted octanol–water partition coefficient (Wildman–Crippen LogP) is 2.02. The molecule has 0 atom stereocenters. The van der Waals surface area contributed by atoms with Gasteiger partial charge in [0.15, 0.2) is 5.69 Å². The first kappa shape index (κ1) is 11.0. The number of hydrogen-bond acceptors (Lipinski definition) is 6. The number of nitrogens with zero attached hydrogens (tertiary/aromatic N) is 3. The number of methoxy groups -OCH3 is 1. The van der Waals surface area contributed by atoms with Crippen LogP contribution in [-0.4, -0.2) is 23.5 Å². The Hall–Kier alpha value is -2.46. The van der Waals surface area contributed by atoms with Crippen LogP contribution in [-0.2, 0) is 4.79 Å². The highest BCUT2D eigenvalue weighted by Gasteiger charge is 2.16. The van der Waals surface area contributed by atoms with E-state index in [0.717, 1.165) is 5.56 Å². The van der Waals surface area contributed by atoms with Crippen LogP contribution in [0.2, 0.25) is 0 Å². The third kappa shape index (κ3) is 2.07. The fourth-order valence-electron chi connectivity index (χ4n) is 1.48. The van der Waals surface area contributed by atoms with Crippen LogP contribution in [0.4, 0.5) is 5.82 Å². The van der Waals surface area contributed by atoms with Crippen molar-refractivity contribution in [2.75, 3.05) is 7.11 Å². The minimum absolute atomic E-state index is 0.0869. The number of isocyanates is 1. The third-order valence-corrected chi connectivity index (χ3v) is 2.23. The second-order valence-electron chi connectivity index (χ2n) is 3.34. The van der Waals surface area contributed by atoms with E-state index in [-0.39, 0.29) is 5.82 Å². The molecule has 0 spiro atoms. The monoisotopic (exact) mass is 231 g/mol. The molecule has 1 aromatic heterocycles. The number of carbonyl (C=O) groups excluding carboxylic acids is 1. The van der Waals surface area contributed by atoms with Crippen LogP contribution >= 0.6 is 0 Å². The van der Waals surface area contributed by atoms with Crippen molar-refractivity contribution in [3.05, 3.63) is 23.8 Å². The van der Waals surface area contributed by atoms with Crippen molar-refractivity contribution in [2.45, 2.75) is 6.92 Å². The topological polar surface area (TPSA) is 77.6 Å². The Bertz CT molecular complexity index is 585. The number of aryl methyl sites for hydroxylation is 1. The van der Waals surface area contributed by atoms with Gasteiger partial charge in [-0.2, -0.15) is 0 Å². The Kier molecular flexibility index (Phi) is 2.98. The molecule has 1 heterocycles. The molecule has 0 aliphatic heterocycles. The van der Waals surface area contributed by atoms with Crippen molar-refractivity contribution in [3.8, 4) is 17.0 Å². The SMILES string of the molecule is COc1ccc(C)cc1-c1nonc1N=C=O. The fourth-order valence-corrected chi connectivity index (χ4v) is 1.48. The van der Waals surface area contributed by atoms with Crippen LogP contribution in [0.3, 0.4) is 0 Å². The lowest BCUT2D eigenvalue weighted by Gasteiger charge is -2.06. The standard InChI is InChI=1S/C11H9N3O3/c1-7-3-4-9(16-2)8(5-7)10-11(12-6-15)14-17-13-10/h3-5H,1-2H3. The van der Waals surface area contributed by atoms with E-state index in [4.69, 9.17) is 4.74 Å². The van der Waals surface area contributed by atoms with Gasteiger partial charge in [-0.05, 0) is 29.4 Å². The van der Waals surface area contributed by atoms with E-state index in [1.54, 1.807) is 13.2 Å².